The number of nitrogens with zero attached hydrogens (tertiary/aromatic N) is 2. The van der Waals surface area contributed by atoms with E-state index in [0.29, 0.717) is 12.5 Å². The van der Waals surface area contributed by atoms with Gasteiger partial charge in [-0.1, -0.05) is 30.2 Å². The predicted octanol–water partition coefficient (Wildman–Crippen LogP) is 3.94. The lowest BCUT2D eigenvalue weighted by molar-refractivity contribution is -0.131. The van der Waals surface area contributed by atoms with Gasteiger partial charge in [0.05, 0.1) is 0 Å². The largest absolute Gasteiger partial charge is 0.345 e. The van der Waals surface area contributed by atoms with E-state index in [0.717, 1.165) is 31.0 Å². The minimum Gasteiger partial charge on any atom is -0.345 e. The number of likely N-dealkylation sites (tertiary alicyclic amines) is 1. The Labute approximate surface area is 136 Å². The molecule has 1 aliphatic heterocycles. The third kappa shape index (κ3) is 3.72. The van der Waals surface area contributed by atoms with E-state index in [2.05, 4.69) is 12.1 Å². The molecular formula is C18H21ClN2O. The van der Waals surface area contributed by atoms with Crippen molar-refractivity contribution >= 4 is 17.5 Å². The quantitative estimate of drug-likeness (QED) is 0.842. The van der Waals surface area contributed by atoms with Gasteiger partial charge in [-0.05, 0) is 42.7 Å². The molecule has 1 aliphatic rings. The van der Waals surface area contributed by atoms with Crippen molar-refractivity contribution in [2.24, 2.45) is 0 Å². The summed E-state index contributed by atoms with van der Waals surface area (Å²) in [5.41, 5.74) is 1.28. The fourth-order valence-electron chi connectivity index (χ4n) is 3.11. The van der Waals surface area contributed by atoms with E-state index in [1.807, 2.05) is 46.1 Å². The van der Waals surface area contributed by atoms with Crippen molar-refractivity contribution in [2.75, 3.05) is 13.1 Å². The molecule has 1 aromatic carbocycles. The normalized spacial score (nSPS) is 19.0. The summed E-state index contributed by atoms with van der Waals surface area (Å²) in [5, 5.41) is 0.762. The maximum atomic E-state index is 12.5. The van der Waals surface area contributed by atoms with Crippen molar-refractivity contribution in [1.82, 2.24) is 9.47 Å². The lowest BCUT2D eigenvalue weighted by Crippen LogP contribution is -2.36. The topological polar surface area (TPSA) is 25.2 Å². The second kappa shape index (κ2) is 7.01. The molecule has 1 unspecified atom stereocenters. The van der Waals surface area contributed by atoms with Gasteiger partial charge in [0.25, 0.3) is 0 Å². The number of carbonyl (C=O) groups excluding carboxylic acids is 1. The number of aromatic nitrogens is 1. The van der Waals surface area contributed by atoms with E-state index in [9.17, 15) is 4.79 Å². The first-order valence-electron chi connectivity index (χ1n) is 7.86. The molecule has 1 fully saturated rings. The molecule has 1 atom stereocenters. The second-order valence-electron chi connectivity index (χ2n) is 5.94. The van der Waals surface area contributed by atoms with Gasteiger partial charge in [-0.25, -0.2) is 0 Å². The Hall–Kier alpha value is -1.74. The monoisotopic (exact) mass is 316 g/mol. The standard InChI is InChI=1S/C18H21ClN2O/c19-17-8-6-15(7-9-17)16-5-1-2-12-21(13-16)18(22)14-20-10-3-4-11-20/h3-4,6-11,16H,1-2,5,12-14H2. The van der Waals surface area contributed by atoms with E-state index in [1.54, 1.807) is 0 Å². The zero-order valence-electron chi connectivity index (χ0n) is 12.6. The van der Waals surface area contributed by atoms with Crippen molar-refractivity contribution in [3.8, 4) is 0 Å². The fraction of sp³-hybridized carbons (Fsp3) is 0.389. The lowest BCUT2D eigenvalue weighted by Gasteiger charge is -2.25. The van der Waals surface area contributed by atoms with Crippen LogP contribution in [0.4, 0.5) is 0 Å². The molecule has 0 aliphatic carbocycles. The van der Waals surface area contributed by atoms with Crippen LogP contribution in [0.1, 0.15) is 30.7 Å². The molecule has 0 spiro atoms. The van der Waals surface area contributed by atoms with Crippen molar-refractivity contribution < 1.29 is 4.79 Å². The highest BCUT2D eigenvalue weighted by atomic mass is 35.5. The number of amides is 1. The summed E-state index contributed by atoms with van der Waals surface area (Å²) >= 11 is 5.97. The van der Waals surface area contributed by atoms with Crippen molar-refractivity contribution in [3.05, 3.63) is 59.4 Å². The summed E-state index contributed by atoms with van der Waals surface area (Å²) in [6.07, 6.45) is 7.26. The van der Waals surface area contributed by atoms with Crippen LogP contribution in [-0.2, 0) is 11.3 Å². The molecule has 1 amide bonds. The zero-order chi connectivity index (χ0) is 15.4. The van der Waals surface area contributed by atoms with Crippen LogP contribution >= 0.6 is 11.6 Å². The molecule has 0 radical (unpaired) electrons. The Morgan fingerprint density at radius 2 is 1.86 bits per heavy atom. The molecule has 2 heterocycles. The van der Waals surface area contributed by atoms with Gasteiger partial charge in [0.2, 0.25) is 5.91 Å². The first-order valence-corrected chi connectivity index (χ1v) is 8.24. The Balaban J connectivity index is 1.69. The van der Waals surface area contributed by atoms with Gasteiger partial charge >= 0.3 is 0 Å². The van der Waals surface area contributed by atoms with Crippen molar-refractivity contribution in [3.63, 3.8) is 0 Å². The summed E-state index contributed by atoms with van der Waals surface area (Å²) in [5.74, 6) is 0.616. The fourth-order valence-corrected chi connectivity index (χ4v) is 3.23. The average Bonchev–Trinajstić information content (AvgIpc) is 2.90. The molecule has 22 heavy (non-hydrogen) atoms. The molecular weight excluding hydrogens is 296 g/mol. The molecule has 1 saturated heterocycles. The maximum absolute atomic E-state index is 12.5. The minimum atomic E-state index is 0.206. The predicted molar refractivity (Wildman–Crippen MR) is 89.1 cm³/mol. The summed E-state index contributed by atoms with van der Waals surface area (Å²) < 4.78 is 1.94. The van der Waals surface area contributed by atoms with Crippen LogP contribution in [0.2, 0.25) is 5.02 Å². The van der Waals surface area contributed by atoms with Crippen LogP contribution in [0.3, 0.4) is 0 Å². The third-order valence-electron chi connectivity index (χ3n) is 4.35. The number of halogens is 1. The van der Waals surface area contributed by atoms with Crippen molar-refractivity contribution in [1.29, 1.82) is 0 Å². The third-order valence-corrected chi connectivity index (χ3v) is 4.60. The molecule has 2 aromatic rings. The van der Waals surface area contributed by atoms with E-state index in [-0.39, 0.29) is 5.91 Å². The van der Waals surface area contributed by atoms with Gasteiger partial charge in [0.15, 0.2) is 0 Å². The molecule has 0 saturated carbocycles. The molecule has 1 aromatic heterocycles. The first-order chi connectivity index (χ1) is 10.7. The van der Waals surface area contributed by atoms with Crippen LogP contribution < -0.4 is 0 Å². The Bertz CT molecular complexity index is 607. The second-order valence-corrected chi connectivity index (χ2v) is 6.38. The van der Waals surface area contributed by atoms with Gasteiger partial charge < -0.3 is 9.47 Å². The van der Waals surface area contributed by atoms with Crippen LogP contribution in [-0.4, -0.2) is 28.5 Å². The van der Waals surface area contributed by atoms with E-state index in [1.165, 1.54) is 12.0 Å². The van der Waals surface area contributed by atoms with Gasteiger partial charge in [-0.3, -0.25) is 4.79 Å². The minimum absolute atomic E-state index is 0.206. The first kappa shape index (κ1) is 15.2. The summed E-state index contributed by atoms with van der Waals surface area (Å²) in [4.78, 5) is 14.6. The van der Waals surface area contributed by atoms with E-state index < -0.39 is 0 Å². The highest BCUT2D eigenvalue weighted by Gasteiger charge is 2.23. The van der Waals surface area contributed by atoms with Gasteiger partial charge in [0.1, 0.15) is 6.54 Å². The van der Waals surface area contributed by atoms with Crippen LogP contribution in [0, 0.1) is 0 Å². The van der Waals surface area contributed by atoms with Gasteiger partial charge in [-0.15, -0.1) is 0 Å². The zero-order valence-corrected chi connectivity index (χ0v) is 13.4. The molecule has 4 heteroatoms. The highest BCUT2D eigenvalue weighted by molar-refractivity contribution is 6.30. The highest BCUT2D eigenvalue weighted by Crippen LogP contribution is 2.27. The smallest absolute Gasteiger partial charge is 0.242 e. The molecule has 116 valence electrons. The molecule has 0 bridgehead atoms. The average molecular weight is 317 g/mol. The Morgan fingerprint density at radius 1 is 1.14 bits per heavy atom. The maximum Gasteiger partial charge on any atom is 0.242 e. The number of hydrogen-bond acceptors (Lipinski definition) is 1. The van der Waals surface area contributed by atoms with Crippen LogP contribution in [0.5, 0.6) is 0 Å². The SMILES string of the molecule is O=C(Cn1cccc1)N1CCCCC(c2ccc(Cl)cc2)C1. The number of carbonyl (C=O) groups is 1. The van der Waals surface area contributed by atoms with Crippen LogP contribution in [0.25, 0.3) is 0 Å². The number of benzene rings is 1. The number of rotatable bonds is 3. The molecule has 3 nitrogen and oxygen atoms in total. The summed E-state index contributed by atoms with van der Waals surface area (Å²) in [6, 6.07) is 12.0. The Kier molecular flexibility index (Phi) is 4.84. The van der Waals surface area contributed by atoms with Crippen molar-refractivity contribution in [2.45, 2.75) is 31.7 Å². The van der Waals surface area contributed by atoms with Gasteiger partial charge in [0, 0.05) is 36.4 Å². The summed E-state index contributed by atoms with van der Waals surface area (Å²) in [6.45, 7) is 2.10. The number of hydrogen-bond donors (Lipinski definition) is 0. The van der Waals surface area contributed by atoms with Crippen LogP contribution in [0.15, 0.2) is 48.8 Å². The molecule has 3 rings (SSSR count). The summed E-state index contributed by atoms with van der Waals surface area (Å²) in [7, 11) is 0. The Morgan fingerprint density at radius 3 is 2.59 bits per heavy atom. The van der Waals surface area contributed by atoms with E-state index >= 15 is 0 Å². The molecule has 0 N–H and O–H groups in total. The van der Waals surface area contributed by atoms with E-state index in [4.69, 9.17) is 11.6 Å². The lowest BCUT2D eigenvalue weighted by atomic mass is 9.94. The van der Waals surface area contributed by atoms with Gasteiger partial charge in [-0.2, -0.15) is 0 Å².